The molecule has 0 bridgehead atoms. The third-order valence-electron chi connectivity index (χ3n) is 6.28. The van der Waals surface area contributed by atoms with Gasteiger partial charge in [-0.15, -0.1) is 0 Å². The van der Waals surface area contributed by atoms with Gasteiger partial charge in [0.25, 0.3) is 0 Å². The van der Waals surface area contributed by atoms with Gasteiger partial charge in [-0.05, 0) is 66.0 Å². The van der Waals surface area contributed by atoms with Gasteiger partial charge in [0, 0.05) is 16.8 Å². The van der Waals surface area contributed by atoms with Crippen LogP contribution in [0.15, 0.2) is 54.6 Å². The zero-order chi connectivity index (χ0) is 20.7. The van der Waals surface area contributed by atoms with Crippen LogP contribution in [0.4, 0.5) is 5.69 Å². The zero-order valence-corrected chi connectivity index (χ0v) is 18.1. The van der Waals surface area contributed by atoms with Gasteiger partial charge in [-0.2, -0.15) is 0 Å². The van der Waals surface area contributed by atoms with Crippen LogP contribution < -0.4 is 5.32 Å². The van der Waals surface area contributed by atoms with Crippen molar-refractivity contribution in [1.82, 2.24) is 0 Å². The third-order valence-corrected chi connectivity index (χ3v) is 6.28. The monoisotopic (exact) mass is 385 g/mol. The highest BCUT2D eigenvalue weighted by molar-refractivity contribution is 5.76. The number of hydrogen-bond acceptors (Lipinski definition) is 2. The number of nitrogens with one attached hydrogen (secondary N) is 1. The number of rotatable bonds is 3. The average molecular weight is 386 g/mol. The lowest BCUT2D eigenvalue weighted by Gasteiger charge is -2.34. The number of aryl methyl sites for hydroxylation is 2. The minimum absolute atomic E-state index is 0.0973. The van der Waals surface area contributed by atoms with E-state index in [9.17, 15) is 5.11 Å². The molecule has 3 aromatic carbocycles. The molecule has 0 spiro atoms. The summed E-state index contributed by atoms with van der Waals surface area (Å²) in [4.78, 5) is 0. The molecule has 0 saturated carbocycles. The molecule has 2 N–H and O–H groups in total. The molecule has 0 radical (unpaired) electrons. The first-order valence-corrected chi connectivity index (χ1v) is 10.7. The summed E-state index contributed by atoms with van der Waals surface area (Å²) in [5, 5.41) is 15.1. The van der Waals surface area contributed by atoms with Crippen molar-refractivity contribution in [3.05, 3.63) is 82.4 Å². The Kier molecular flexibility index (Phi) is 5.12. The molecule has 1 aliphatic heterocycles. The second-order valence-corrected chi connectivity index (χ2v) is 8.87. The highest BCUT2D eigenvalue weighted by atomic mass is 16.3. The van der Waals surface area contributed by atoms with E-state index in [0.29, 0.717) is 17.6 Å². The van der Waals surface area contributed by atoms with E-state index in [1.165, 1.54) is 27.9 Å². The van der Waals surface area contributed by atoms with Gasteiger partial charge in [0.2, 0.25) is 0 Å². The van der Waals surface area contributed by atoms with E-state index in [2.05, 4.69) is 82.4 Å². The van der Waals surface area contributed by atoms with E-state index in [-0.39, 0.29) is 6.04 Å². The number of phenols is 1. The lowest BCUT2D eigenvalue weighted by molar-refractivity contribution is 0.458. The quantitative estimate of drug-likeness (QED) is 0.490. The average Bonchev–Trinajstić information content (AvgIpc) is 2.69. The van der Waals surface area contributed by atoms with E-state index in [1.54, 1.807) is 0 Å². The van der Waals surface area contributed by atoms with E-state index < -0.39 is 0 Å². The highest BCUT2D eigenvalue weighted by Gasteiger charge is 2.29. The molecule has 150 valence electrons. The van der Waals surface area contributed by atoms with Gasteiger partial charge in [0.05, 0.1) is 6.04 Å². The molecule has 0 fully saturated rings. The summed E-state index contributed by atoms with van der Waals surface area (Å²) in [7, 11) is 0. The smallest absolute Gasteiger partial charge is 0.128 e. The van der Waals surface area contributed by atoms with Gasteiger partial charge < -0.3 is 10.4 Å². The number of hydrogen-bond donors (Lipinski definition) is 2. The van der Waals surface area contributed by atoms with Crippen LogP contribution in [-0.4, -0.2) is 5.11 Å². The first kappa shape index (κ1) is 19.6. The van der Waals surface area contributed by atoms with Crippen molar-refractivity contribution < 1.29 is 5.11 Å². The predicted molar refractivity (Wildman–Crippen MR) is 123 cm³/mol. The largest absolute Gasteiger partial charge is 0.507 e. The summed E-state index contributed by atoms with van der Waals surface area (Å²) in [6, 6.07) is 19.2. The maximum atomic E-state index is 11.3. The Bertz CT molecular complexity index is 1040. The van der Waals surface area contributed by atoms with E-state index >= 15 is 0 Å². The maximum absolute atomic E-state index is 11.3. The van der Waals surface area contributed by atoms with Crippen LogP contribution in [0.2, 0.25) is 0 Å². The molecule has 4 rings (SSSR count). The minimum atomic E-state index is 0.0973. The summed E-state index contributed by atoms with van der Waals surface area (Å²) in [6.45, 7) is 11.0. The number of aromatic hydroxyl groups is 1. The summed E-state index contributed by atoms with van der Waals surface area (Å²) in [6.07, 6.45) is 0.971. The van der Waals surface area contributed by atoms with Crippen molar-refractivity contribution in [1.29, 1.82) is 0 Å². The molecule has 0 aromatic heterocycles. The topological polar surface area (TPSA) is 32.3 Å². The summed E-state index contributed by atoms with van der Waals surface area (Å²) in [5.74, 6) is 1.30. The fraction of sp³-hybridized carbons (Fsp3) is 0.333. The molecule has 2 atom stereocenters. The molecule has 2 heteroatoms. The lowest BCUT2D eigenvalue weighted by atomic mass is 9.81. The molecule has 2 nitrogen and oxygen atoms in total. The normalized spacial score (nSPS) is 18.4. The van der Waals surface area contributed by atoms with Gasteiger partial charge in [0.15, 0.2) is 0 Å². The Morgan fingerprint density at radius 1 is 0.931 bits per heavy atom. The number of fused-ring (bicyclic) bond motifs is 1. The zero-order valence-electron chi connectivity index (χ0n) is 18.1. The molecule has 29 heavy (non-hydrogen) atoms. The number of benzene rings is 3. The second-order valence-electron chi connectivity index (χ2n) is 8.87. The summed E-state index contributed by atoms with van der Waals surface area (Å²) < 4.78 is 0. The maximum Gasteiger partial charge on any atom is 0.128 e. The molecular weight excluding hydrogens is 354 g/mol. The van der Waals surface area contributed by atoms with Crippen LogP contribution in [0.1, 0.15) is 72.9 Å². The van der Waals surface area contributed by atoms with Crippen molar-refractivity contribution in [2.75, 3.05) is 5.32 Å². The molecule has 0 saturated heterocycles. The Hall–Kier alpha value is -2.74. The van der Waals surface area contributed by atoms with Crippen LogP contribution in [-0.2, 0) is 0 Å². The van der Waals surface area contributed by atoms with Gasteiger partial charge in [-0.1, -0.05) is 69.3 Å². The molecule has 0 amide bonds. The standard InChI is InChI=1S/C27H31NO/c1-16(2)20-11-8-12-22-19(5)15-25(28-26(20)22)24-14-17(3)13-23(27(24)29)21-10-7-6-9-18(21)4/h6-14,16,19,25,28-29H,15H2,1-5H3. The van der Waals surface area contributed by atoms with Crippen molar-refractivity contribution in [3.63, 3.8) is 0 Å². The lowest BCUT2D eigenvalue weighted by Crippen LogP contribution is -2.22. The minimum Gasteiger partial charge on any atom is -0.507 e. The van der Waals surface area contributed by atoms with Crippen molar-refractivity contribution in [3.8, 4) is 16.9 Å². The third kappa shape index (κ3) is 3.53. The highest BCUT2D eigenvalue weighted by Crippen LogP contribution is 2.47. The Balaban J connectivity index is 1.82. The van der Waals surface area contributed by atoms with Gasteiger partial charge in [-0.25, -0.2) is 0 Å². The molecule has 2 unspecified atom stereocenters. The second kappa shape index (κ2) is 7.59. The van der Waals surface area contributed by atoms with Crippen LogP contribution >= 0.6 is 0 Å². The number of phenolic OH excluding ortho intramolecular Hbond substituents is 1. The van der Waals surface area contributed by atoms with E-state index in [1.807, 2.05) is 12.1 Å². The summed E-state index contributed by atoms with van der Waals surface area (Å²) in [5.41, 5.74) is 9.37. The Labute approximate surface area is 174 Å². The first-order chi connectivity index (χ1) is 13.9. The number of para-hydroxylation sites is 1. The van der Waals surface area contributed by atoms with E-state index in [0.717, 1.165) is 23.1 Å². The van der Waals surface area contributed by atoms with Crippen molar-refractivity contribution >= 4 is 5.69 Å². The first-order valence-electron chi connectivity index (χ1n) is 10.7. The van der Waals surface area contributed by atoms with Crippen LogP contribution in [0, 0.1) is 13.8 Å². The van der Waals surface area contributed by atoms with E-state index in [4.69, 9.17) is 0 Å². The SMILES string of the molecule is Cc1cc(-c2ccccc2C)c(O)c(C2CC(C)c3cccc(C(C)C)c3N2)c1. The number of anilines is 1. The summed E-state index contributed by atoms with van der Waals surface area (Å²) >= 11 is 0. The molecule has 1 heterocycles. The van der Waals surface area contributed by atoms with Crippen molar-refractivity contribution in [2.45, 2.75) is 58.9 Å². The molecular formula is C27H31NO. The molecule has 1 aliphatic rings. The van der Waals surface area contributed by atoms with Gasteiger partial charge in [0.1, 0.15) is 5.75 Å². The van der Waals surface area contributed by atoms with Crippen LogP contribution in [0.25, 0.3) is 11.1 Å². The van der Waals surface area contributed by atoms with Crippen molar-refractivity contribution in [2.24, 2.45) is 0 Å². The fourth-order valence-corrected chi connectivity index (χ4v) is 4.72. The molecule has 3 aromatic rings. The Morgan fingerprint density at radius 2 is 1.69 bits per heavy atom. The molecule has 0 aliphatic carbocycles. The van der Waals surface area contributed by atoms with Gasteiger partial charge in [-0.3, -0.25) is 0 Å². The van der Waals surface area contributed by atoms with Gasteiger partial charge >= 0.3 is 0 Å². The predicted octanol–water partition coefficient (Wildman–Crippen LogP) is 7.46. The fourth-order valence-electron chi connectivity index (χ4n) is 4.72. The van der Waals surface area contributed by atoms with Crippen LogP contribution in [0.3, 0.4) is 0 Å². The van der Waals surface area contributed by atoms with Crippen LogP contribution in [0.5, 0.6) is 5.75 Å². The Morgan fingerprint density at radius 3 is 2.41 bits per heavy atom.